The van der Waals surface area contributed by atoms with Crippen LogP contribution in [-0.2, 0) is 0 Å². The summed E-state index contributed by atoms with van der Waals surface area (Å²) in [6.07, 6.45) is 0. The lowest BCUT2D eigenvalue weighted by Crippen LogP contribution is -2.13. The summed E-state index contributed by atoms with van der Waals surface area (Å²) >= 11 is 3.07. The first-order valence-electron chi connectivity index (χ1n) is 6.06. The maximum Gasteiger partial charge on any atom is 0.259 e. The van der Waals surface area contributed by atoms with Crippen molar-refractivity contribution in [2.45, 2.75) is 6.92 Å². The second-order valence-electron chi connectivity index (χ2n) is 4.42. The van der Waals surface area contributed by atoms with E-state index in [-0.39, 0.29) is 15.8 Å². The molecule has 2 aromatic carbocycles. The van der Waals surface area contributed by atoms with E-state index in [0.717, 1.165) is 0 Å². The maximum atomic E-state index is 13.4. The second-order valence-corrected chi connectivity index (χ2v) is 5.27. The molecule has 0 saturated heterocycles. The van der Waals surface area contributed by atoms with E-state index >= 15 is 0 Å². The van der Waals surface area contributed by atoms with E-state index in [1.807, 2.05) is 0 Å². The molecule has 0 radical (unpaired) electrons. The average Bonchev–Trinajstić information content (AvgIpc) is 2.45. The summed E-state index contributed by atoms with van der Waals surface area (Å²) in [5.74, 6) is -0.621. The number of aryl methyl sites for hydroxylation is 1. The van der Waals surface area contributed by atoms with Gasteiger partial charge in [-0.25, -0.2) is 4.39 Å². The van der Waals surface area contributed by atoms with E-state index in [9.17, 15) is 14.3 Å². The number of nitrogens with one attached hydrogen (secondary N) is 1. The maximum absolute atomic E-state index is 13.4. The Bertz CT molecular complexity index is 704. The van der Waals surface area contributed by atoms with Gasteiger partial charge >= 0.3 is 0 Å². The number of carbonyl (C=O) groups is 1. The van der Waals surface area contributed by atoms with Gasteiger partial charge in [0.15, 0.2) is 0 Å². The Morgan fingerprint density at radius 1 is 1.33 bits per heavy atom. The van der Waals surface area contributed by atoms with Gasteiger partial charge in [0.2, 0.25) is 0 Å². The molecule has 2 N–H and O–H groups in total. The number of phenols is 1. The van der Waals surface area contributed by atoms with Crippen molar-refractivity contribution in [3.05, 3.63) is 51.7 Å². The van der Waals surface area contributed by atoms with Gasteiger partial charge in [-0.3, -0.25) is 4.79 Å². The number of ether oxygens (including phenoxy) is 1. The van der Waals surface area contributed by atoms with E-state index in [1.54, 1.807) is 13.0 Å². The van der Waals surface area contributed by atoms with Crippen LogP contribution in [0.2, 0.25) is 0 Å². The minimum Gasteiger partial charge on any atom is -0.507 e. The van der Waals surface area contributed by atoms with Crippen LogP contribution >= 0.6 is 15.9 Å². The number of rotatable bonds is 3. The number of amides is 1. The normalized spacial score (nSPS) is 10.3. The quantitative estimate of drug-likeness (QED) is 0.880. The lowest BCUT2D eigenvalue weighted by atomic mass is 10.1. The molecule has 0 aliphatic rings. The minimum absolute atomic E-state index is 0.0780. The molecule has 0 aliphatic heterocycles. The number of hydrogen-bond donors (Lipinski definition) is 2. The number of halogens is 2. The zero-order valence-electron chi connectivity index (χ0n) is 11.4. The van der Waals surface area contributed by atoms with E-state index in [1.165, 1.54) is 31.4 Å². The van der Waals surface area contributed by atoms with Gasteiger partial charge in [0.05, 0.1) is 17.1 Å². The SMILES string of the molecule is COc1ccc(O)c(C(=O)Nc2cc(Br)c(F)cc2C)c1. The van der Waals surface area contributed by atoms with E-state index in [4.69, 9.17) is 4.74 Å². The first-order valence-corrected chi connectivity index (χ1v) is 6.85. The summed E-state index contributed by atoms with van der Waals surface area (Å²) in [5, 5.41) is 12.4. The molecule has 1 amide bonds. The molecule has 0 bridgehead atoms. The average molecular weight is 354 g/mol. The Balaban J connectivity index is 2.32. The molecule has 0 aliphatic carbocycles. The monoisotopic (exact) mass is 353 g/mol. The second kappa shape index (κ2) is 6.13. The highest BCUT2D eigenvalue weighted by Gasteiger charge is 2.14. The lowest BCUT2D eigenvalue weighted by molar-refractivity contribution is 0.102. The van der Waals surface area contributed by atoms with Crippen molar-refractivity contribution in [1.82, 2.24) is 0 Å². The van der Waals surface area contributed by atoms with Crippen LogP contribution in [0, 0.1) is 12.7 Å². The Morgan fingerprint density at radius 2 is 2.05 bits per heavy atom. The molecule has 0 heterocycles. The first-order chi connectivity index (χ1) is 9.92. The van der Waals surface area contributed by atoms with Crippen LogP contribution in [0.15, 0.2) is 34.8 Å². The largest absolute Gasteiger partial charge is 0.507 e. The standard InChI is InChI=1S/C15H13BrFNO3/c1-8-5-12(17)11(16)7-13(8)18-15(20)10-6-9(21-2)3-4-14(10)19/h3-7,19H,1-2H3,(H,18,20). The van der Waals surface area contributed by atoms with Crippen molar-refractivity contribution in [2.75, 3.05) is 12.4 Å². The number of anilines is 1. The summed E-state index contributed by atoms with van der Waals surface area (Å²) in [7, 11) is 1.47. The molecular weight excluding hydrogens is 341 g/mol. The Labute approximate surface area is 129 Å². The number of benzene rings is 2. The van der Waals surface area contributed by atoms with Gasteiger partial charge in [-0.15, -0.1) is 0 Å². The fraction of sp³-hybridized carbons (Fsp3) is 0.133. The minimum atomic E-state index is -0.506. The molecule has 0 saturated carbocycles. The van der Waals surface area contributed by atoms with Crippen molar-refractivity contribution >= 4 is 27.5 Å². The third kappa shape index (κ3) is 3.33. The van der Waals surface area contributed by atoms with E-state index in [0.29, 0.717) is 17.0 Å². The van der Waals surface area contributed by atoms with Gasteiger partial charge in [-0.2, -0.15) is 0 Å². The Kier molecular flexibility index (Phi) is 4.47. The van der Waals surface area contributed by atoms with Crippen LogP contribution in [0.5, 0.6) is 11.5 Å². The zero-order chi connectivity index (χ0) is 15.6. The van der Waals surface area contributed by atoms with Gasteiger partial charge in [0, 0.05) is 5.69 Å². The highest BCUT2D eigenvalue weighted by molar-refractivity contribution is 9.10. The van der Waals surface area contributed by atoms with Crippen LogP contribution in [0.4, 0.5) is 10.1 Å². The van der Waals surface area contributed by atoms with Crippen molar-refractivity contribution in [3.8, 4) is 11.5 Å². The number of phenolic OH excluding ortho intramolecular Hbond substituents is 1. The highest BCUT2D eigenvalue weighted by atomic mass is 79.9. The predicted octanol–water partition coefficient (Wildman–Crippen LogP) is 3.86. The Hall–Kier alpha value is -2.08. The van der Waals surface area contributed by atoms with Crippen LogP contribution in [0.3, 0.4) is 0 Å². The fourth-order valence-electron chi connectivity index (χ4n) is 1.79. The number of hydrogen-bond acceptors (Lipinski definition) is 3. The number of aromatic hydroxyl groups is 1. The lowest BCUT2D eigenvalue weighted by Gasteiger charge is -2.11. The van der Waals surface area contributed by atoms with E-state index < -0.39 is 11.7 Å². The number of methoxy groups -OCH3 is 1. The third-order valence-corrected chi connectivity index (χ3v) is 3.57. The molecule has 4 nitrogen and oxygen atoms in total. The molecule has 6 heteroatoms. The summed E-state index contributed by atoms with van der Waals surface area (Å²) in [4.78, 5) is 12.2. The van der Waals surface area contributed by atoms with Crippen LogP contribution in [0.25, 0.3) is 0 Å². The smallest absolute Gasteiger partial charge is 0.259 e. The third-order valence-electron chi connectivity index (χ3n) is 2.96. The predicted molar refractivity (Wildman–Crippen MR) is 81.4 cm³/mol. The first kappa shape index (κ1) is 15.3. The summed E-state index contributed by atoms with van der Waals surface area (Å²) in [5.41, 5.74) is 1.11. The van der Waals surface area contributed by atoms with Gasteiger partial charge < -0.3 is 15.2 Å². The van der Waals surface area contributed by atoms with Gasteiger partial charge in [-0.1, -0.05) is 0 Å². The van der Waals surface area contributed by atoms with Crippen molar-refractivity contribution in [2.24, 2.45) is 0 Å². The molecule has 21 heavy (non-hydrogen) atoms. The van der Waals surface area contributed by atoms with E-state index in [2.05, 4.69) is 21.2 Å². The zero-order valence-corrected chi connectivity index (χ0v) is 13.0. The molecular formula is C15H13BrFNO3. The van der Waals surface area contributed by atoms with Gasteiger partial charge in [0.25, 0.3) is 5.91 Å². The molecule has 0 atom stereocenters. The molecule has 0 aromatic heterocycles. The Morgan fingerprint density at radius 3 is 2.71 bits per heavy atom. The molecule has 2 rings (SSSR count). The molecule has 0 fully saturated rings. The van der Waals surface area contributed by atoms with Gasteiger partial charge in [0.1, 0.15) is 17.3 Å². The molecule has 110 valence electrons. The fourth-order valence-corrected chi connectivity index (χ4v) is 2.14. The van der Waals surface area contributed by atoms with Crippen LogP contribution in [0.1, 0.15) is 15.9 Å². The molecule has 2 aromatic rings. The van der Waals surface area contributed by atoms with Crippen molar-refractivity contribution < 1.29 is 19.0 Å². The van der Waals surface area contributed by atoms with Crippen LogP contribution in [-0.4, -0.2) is 18.1 Å². The van der Waals surface area contributed by atoms with Crippen molar-refractivity contribution in [1.29, 1.82) is 0 Å². The molecule has 0 spiro atoms. The topological polar surface area (TPSA) is 58.6 Å². The molecule has 0 unspecified atom stereocenters. The van der Waals surface area contributed by atoms with Gasteiger partial charge in [-0.05, 0) is 58.7 Å². The summed E-state index contributed by atoms with van der Waals surface area (Å²) in [6, 6.07) is 7.14. The summed E-state index contributed by atoms with van der Waals surface area (Å²) in [6.45, 7) is 1.68. The highest BCUT2D eigenvalue weighted by Crippen LogP contribution is 2.27. The van der Waals surface area contributed by atoms with Crippen LogP contribution < -0.4 is 10.1 Å². The number of carbonyl (C=O) groups excluding carboxylic acids is 1. The summed E-state index contributed by atoms with van der Waals surface area (Å²) < 4.78 is 18.6. The van der Waals surface area contributed by atoms with Crippen molar-refractivity contribution in [3.63, 3.8) is 0 Å².